The molecule has 1 rings (SSSR count). The summed E-state index contributed by atoms with van der Waals surface area (Å²) in [6.07, 6.45) is 0. The molecule has 0 aliphatic rings. The van der Waals surface area contributed by atoms with Gasteiger partial charge < -0.3 is 4.42 Å². The first-order chi connectivity index (χ1) is 3.83. The maximum Gasteiger partial charge on any atom is 0.169 e. The summed E-state index contributed by atoms with van der Waals surface area (Å²) in [7, 11) is 0. The van der Waals surface area contributed by atoms with Gasteiger partial charge in [0.15, 0.2) is 4.67 Å². The highest BCUT2D eigenvalue weighted by Gasteiger charge is 1.93. The van der Waals surface area contributed by atoms with Crippen LogP contribution in [0.1, 0.15) is 5.76 Å². The molecule has 0 fully saturated rings. The highest BCUT2D eigenvalue weighted by Crippen LogP contribution is 2.14. The summed E-state index contributed by atoms with van der Waals surface area (Å²) < 4.78 is 5.75. The fourth-order valence-corrected chi connectivity index (χ4v) is 0.907. The van der Waals surface area contributed by atoms with E-state index in [4.69, 9.17) is 16.0 Å². The zero-order valence-corrected chi connectivity index (χ0v) is 6.37. The summed E-state index contributed by atoms with van der Waals surface area (Å²) in [4.78, 5) is 0. The molecular formula is C5H4BrClO. The SMILES string of the molecule is ClCc1ccc(Br)o1. The molecule has 44 valence electrons. The molecule has 1 aromatic rings. The fraction of sp³-hybridized carbons (Fsp3) is 0.200. The van der Waals surface area contributed by atoms with E-state index in [0.717, 1.165) is 10.4 Å². The second kappa shape index (κ2) is 2.55. The molecule has 0 aromatic carbocycles. The van der Waals surface area contributed by atoms with Crippen molar-refractivity contribution in [3.63, 3.8) is 0 Å². The molecule has 0 saturated carbocycles. The molecule has 1 heterocycles. The molecule has 0 radical (unpaired) electrons. The van der Waals surface area contributed by atoms with E-state index in [9.17, 15) is 0 Å². The molecular weight excluding hydrogens is 191 g/mol. The van der Waals surface area contributed by atoms with Gasteiger partial charge in [-0.2, -0.15) is 0 Å². The first kappa shape index (κ1) is 6.17. The van der Waals surface area contributed by atoms with Crippen molar-refractivity contribution in [1.82, 2.24) is 0 Å². The zero-order valence-electron chi connectivity index (χ0n) is 4.03. The van der Waals surface area contributed by atoms with Gasteiger partial charge in [0.1, 0.15) is 5.76 Å². The number of halogens is 2. The van der Waals surface area contributed by atoms with Crippen LogP contribution < -0.4 is 0 Å². The van der Waals surface area contributed by atoms with E-state index >= 15 is 0 Å². The maximum absolute atomic E-state index is 5.43. The van der Waals surface area contributed by atoms with Gasteiger partial charge in [-0.25, -0.2) is 0 Å². The molecule has 1 nitrogen and oxygen atoms in total. The Morgan fingerprint density at radius 2 is 2.38 bits per heavy atom. The zero-order chi connectivity index (χ0) is 5.98. The normalized spacial score (nSPS) is 9.75. The van der Waals surface area contributed by atoms with Crippen molar-refractivity contribution in [1.29, 1.82) is 0 Å². The van der Waals surface area contributed by atoms with E-state index in [-0.39, 0.29) is 0 Å². The lowest BCUT2D eigenvalue weighted by Gasteiger charge is -1.80. The van der Waals surface area contributed by atoms with Gasteiger partial charge in [0.25, 0.3) is 0 Å². The van der Waals surface area contributed by atoms with Gasteiger partial charge in [-0.1, -0.05) is 0 Å². The lowest BCUT2D eigenvalue weighted by atomic mass is 10.5. The van der Waals surface area contributed by atoms with Gasteiger partial charge in [-0.15, -0.1) is 11.6 Å². The van der Waals surface area contributed by atoms with Crippen molar-refractivity contribution in [2.75, 3.05) is 0 Å². The van der Waals surface area contributed by atoms with Crippen molar-refractivity contribution in [3.05, 3.63) is 22.6 Å². The summed E-state index contributed by atoms with van der Waals surface area (Å²) >= 11 is 8.57. The van der Waals surface area contributed by atoms with Crippen LogP contribution in [0.5, 0.6) is 0 Å². The Balaban J connectivity index is 2.84. The lowest BCUT2D eigenvalue weighted by Crippen LogP contribution is -1.63. The van der Waals surface area contributed by atoms with E-state index in [0.29, 0.717) is 5.88 Å². The van der Waals surface area contributed by atoms with Gasteiger partial charge in [-0.3, -0.25) is 0 Å². The molecule has 8 heavy (non-hydrogen) atoms. The molecule has 0 N–H and O–H groups in total. The number of hydrogen-bond acceptors (Lipinski definition) is 1. The van der Waals surface area contributed by atoms with Crippen LogP contribution in [-0.2, 0) is 5.88 Å². The van der Waals surface area contributed by atoms with E-state index < -0.39 is 0 Å². The van der Waals surface area contributed by atoms with Crippen molar-refractivity contribution in [3.8, 4) is 0 Å². The van der Waals surface area contributed by atoms with E-state index in [1.54, 1.807) is 0 Å². The second-order valence-corrected chi connectivity index (χ2v) is 2.39. The Morgan fingerprint density at radius 1 is 1.62 bits per heavy atom. The molecule has 3 heteroatoms. The Hall–Kier alpha value is 0.0500. The predicted octanol–water partition coefficient (Wildman–Crippen LogP) is 2.78. The molecule has 0 aliphatic carbocycles. The standard InChI is InChI=1S/C5H4BrClO/c6-5-2-1-4(3-7)8-5/h1-2H,3H2. The van der Waals surface area contributed by atoms with Crippen LogP contribution in [0.25, 0.3) is 0 Å². The van der Waals surface area contributed by atoms with Crippen molar-refractivity contribution in [2.24, 2.45) is 0 Å². The van der Waals surface area contributed by atoms with Crippen molar-refractivity contribution in [2.45, 2.75) is 5.88 Å². The maximum atomic E-state index is 5.43. The molecule has 0 amide bonds. The number of hydrogen-bond donors (Lipinski definition) is 0. The quantitative estimate of drug-likeness (QED) is 0.628. The summed E-state index contributed by atoms with van der Waals surface area (Å²) in [6.45, 7) is 0. The monoisotopic (exact) mass is 194 g/mol. The summed E-state index contributed by atoms with van der Waals surface area (Å²) in [5.74, 6) is 1.23. The predicted molar refractivity (Wildman–Crippen MR) is 36.0 cm³/mol. The molecule has 0 atom stereocenters. The van der Waals surface area contributed by atoms with Gasteiger partial charge >= 0.3 is 0 Å². The average Bonchev–Trinajstić information content (AvgIpc) is 2.14. The third-order valence-electron chi connectivity index (χ3n) is 0.761. The summed E-state index contributed by atoms with van der Waals surface area (Å²) in [5, 5.41) is 0. The first-order valence-electron chi connectivity index (χ1n) is 2.13. The molecule has 0 saturated heterocycles. The minimum Gasteiger partial charge on any atom is -0.453 e. The van der Waals surface area contributed by atoms with Crippen molar-refractivity contribution >= 4 is 27.5 Å². The Labute approximate surface area is 60.8 Å². The third-order valence-corrected chi connectivity index (χ3v) is 1.45. The molecule has 0 bridgehead atoms. The molecule has 0 spiro atoms. The minimum atomic E-state index is 0.436. The van der Waals surface area contributed by atoms with Crippen LogP contribution in [0.3, 0.4) is 0 Å². The minimum absolute atomic E-state index is 0.436. The summed E-state index contributed by atoms with van der Waals surface area (Å²) in [5.41, 5.74) is 0. The van der Waals surface area contributed by atoms with E-state index in [1.807, 2.05) is 12.1 Å². The Kier molecular flexibility index (Phi) is 1.97. The van der Waals surface area contributed by atoms with E-state index in [1.165, 1.54) is 0 Å². The van der Waals surface area contributed by atoms with Gasteiger partial charge in [-0.05, 0) is 28.1 Å². The van der Waals surface area contributed by atoms with Gasteiger partial charge in [0, 0.05) is 0 Å². The van der Waals surface area contributed by atoms with Gasteiger partial charge in [0.2, 0.25) is 0 Å². The highest BCUT2D eigenvalue weighted by atomic mass is 79.9. The third kappa shape index (κ3) is 1.26. The van der Waals surface area contributed by atoms with Crippen LogP contribution in [0.2, 0.25) is 0 Å². The molecule has 0 aliphatic heterocycles. The first-order valence-corrected chi connectivity index (χ1v) is 3.46. The number of alkyl halides is 1. The molecule has 0 unspecified atom stereocenters. The van der Waals surface area contributed by atoms with Crippen LogP contribution in [0.15, 0.2) is 21.2 Å². The Morgan fingerprint density at radius 3 is 2.62 bits per heavy atom. The number of furan rings is 1. The van der Waals surface area contributed by atoms with E-state index in [2.05, 4.69) is 15.9 Å². The van der Waals surface area contributed by atoms with Crippen molar-refractivity contribution < 1.29 is 4.42 Å². The molecule has 1 aromatic heterocycles. The summed E-state index contributed by atoms with van der Waals surface area (Å²) in [6, 6.07) is 3.65. The Bertz CT molecular complexity index is 173. The fourth-order valence-electron chi connectivity index (χ4n) is 0.424. The topological polar surface area (TPSA) is 13.1 Å². The average molecular weight is 195 g/mol. The lowest BCUT2D eigenvalue weighted by molar-refractivity contribution is 0.506. The van der Waals surface area contributed by atoms with Crippen LogP contribution in [0.4, 0.5) is 0 Å². The van der Waals surface area contributed by atoms with Crippen LogP contribution >= 0.6 is 27.5 Å². The van der Waals surface area contributed by atoms with Gasteiger partial charge in [0.05, 0.1) is 5.88 Å². The highest BCUT2D eigenvalue weighted by molar-refractivity contribution is 9.10. The smallest absolute Gasteiger partial charge is 0.169 e. The van der Waals surface area contributed by atoms with Crippen LogP contribution in [-0.4, -0.2) is 0 Å². The largest absolute Gasteiger partial charge is 0.453 e. The second-order valence-electron chi connectivity index (χ2n) is 1.34. The number of rotatable bonds is 1. The van der Waals surface area contributed by atoms with Crippen LogP contribution in [0, 0.1) is 0 Å².